The molecule has 0 radical (unpaired) electrons. The minimum absolute atomic E-state index is 0.0445. The van der Waals surface area contributed by atoms with Crippen LogP contribution >= 0.6 is 11.6 Å². The Labute approximate surface area is 186 Å². The van der Waals surface area contributed by atoms with Crippen LogP contribution in [0.3, 0.4) is 0 Å². The van der Waals surface area contributed by atoms with Crippen LogP contribution in [0.4, 0.5) is 8.78 Å². The van der Waals surface area contributed by atoms with E-state index in [1.807, 2.05) is 0 Å². The number of aliphatic hydroxyl groups excluding tert-OH is 1. The second-order valence-electron chi connectivity index (χ2n) is 7.72. The smallest absolute Gasteiger partial charge is 0.231 e. The lowest BCUT2D eigenvalue weighted by atomic mass is 9.81. The number of halogens is 3. The monoisotopic (exact) mass is 461 g/mol. The number of pyridine rings is 2. The number of nitrogens with two attached hydrogens (primary N) is 1. The van der Waals surface area contributed by atoms with Gasteiger partial charge in [-0.15, -0.1) is 0 Å². The van der Waals surface area contributed by atoms with E-state index in [2.05, 4.69) is 9.97 Å². The van der Waals surface area contributed by atoms with Crippen LogP contribution in [0.5, 0.6) is 5.75 Å². The number of benzene rings is 1. The Bertz CT molecular complexity index is 1230. The zero-order valence-corrected chi connectivity index (χ0v) is 17.5. The molecule has 1 aliphatic heterocycles. The van der Waals surface area contributed by atoms with Gasteiger partial charge in [0.15, 0.2) is 5.60 Å². The van der Waals surface area contributed by atoms with Crippen LogP contribution in [-0.4, -0.2) is 39.3 Å². The summed E-state index contributed by atoms with van der Waals surface area (Å²) < 4.78 is 34.2. The van der Waals surface area contributed by atoms with Crippen molar-refractivity contribution in [2.45, 2.75) is 17.9 Å². The average molecular weight is 462 g/mol. The molecule has 10 heteroatoms. The van der Waals surface area contributed by atoms with Crippen LogP contribution in [0.2, 0.25) is 5.02 Å². The van der Waals surface area contributed by atoms with Gasteiger partial charge in [-0.3, -0.25) is 9.78 Å². The van der Waals surface area contributed by atoms with E-state index >= 15 is 0 Å². The first-order valence-corrected chi connectivity index (χ1v) is 9.87. The lowest BCUT2D eigenvalue weighted by Gasteiger charge is -2.28. The molecule has 2 atom stereocenters. The van der Waals surface area contributed by atoms with Gasteiger partial charge in [0.05, 0.1) is 17.3 Å². The molecule has 0 bridgehead atoms. The molecule has 3 heterocycles. The number of nitrogens with zero attached hydrogens (tertiary/aromatic N) is 2. The van der Waals surface area contributed by atoms with Crippen molar-refractivity contribution in [3.8, 4) is 17.0 Å². The summed E-state index contributed by atoms with van der Waals surface area (Å²) in [5, 5.41) is 21.1. The molecular formula is C22H18ClF2N3O4. The summed E-state index contributed by atoms with van der Waals surface area (Å²) in [6.45, 7) is 0.576. The fourth-order valence-corrected chi connectivity index (χ4v) is 3.78. The number of aromatic nitrogens is 2. The molecule has 0 saturated carbocycles. The maximum absolute atomic E-state index is 14.8. The molecule has 2 aromatic heterocycles. The van der Waals surface area contributed by atoms with Crippen LogP contribution in [0, 0.1) is 11.6 Å². The molecule has 166 valence electrons. The van der Waals surface area contributed by atoms with Crippen molar-refractivity contribution in [1.29, 1.82) is 0 Å². The Hall–Kier alpha value is -3.14. The van der Waals surface area contributed by atoms with Crippen LogP contribution in [0.25, 0.3) is 11.3 Å². The summed E-state index contributed by atoms with van der Waals surface area (Å²) in [4.78, 5) is 20.6. The van der Waals surface area contributed by atoms with Gasteiger partial charge >= 0.3 is 0 Å². The molecule has 1 aromatic carbocycles. The van der Waals surface area contributed by atoms with Crippen LogP contribution in [0.1, 0.15) is 23.7 Å². The quantitative estimate of drug-likeness (QED) is 0.502. The van der Waals surface area contributed by atoms with Crippen molar-refractivity contribution in [3.63, 3.8) is 0 Å². The van der Waals surface area contributed by atoms with E-state index in [9.17, 15) is 23.8 Å². The number of hydrogen-bond acceptors (Lipinski definition) is 6. The molecule has 7 nitrogen and oxygen atoms in total. The van der Waals surface area contributed by atoms with E-state index in [1.165, 1.54) is 31.5 Å². The first-order valence-electron chi connectivity index (χ1n) is 9.49. The highest BCUT2D eigenvalue weighted by Gasteiger charge is 2.46. The van der Waals surface area contributed by atoms with Crippen molar-refractivity contribution in [3.05, 3.63) is 76.2 Å². The SMILES string of the molecule is C[C@]1(C(N)=O)COc2c1cc([C@@](O)(CO)c1cccnc1)nc2-c1cc(Cl)c(F)cc1F. The summed E-state index contributed by atoms with van der Waals surface area (Å²) in [5.74, 6) is -2.62. The molecular weight excluding hydrogens is 444 g/mol. The number of rotatable bonds is 5. The lowest BCUT2D eigenvalue weighted by molar-refractivity contribution is -0.123. The molecule has 0 spiro atoms. The van der Waals surface area contributed by atoms with Gasteiger partial charge in [0, 0.05) is 35.2 Å². The second kappa shape index (κ2) is 7.77. The molecule has 0 aliphatic carbocycles. The molecule has 0 saturated heterocycles. The predicted octanol–water partition coefficient (Wildman–Crippen LogP) is 2.44. The van der Waals surface area contributed by atoms with E-state index in [4.69, 9.17) is 22.1 Å². The third-order valence-electron chi connectivity index (χ3n) is 5.67. The number of primary amides is 1. The molecule has 4 N–H and O–H groups in total. The van der Waals surface area contributed by atoms with Crippen LogP contribution in [-0.2, 0) is 15.8 Å². The van der Waals surface area contributed by atoms with E-state index in [-0.39, 0.29) is 45.5 Å². The highest BCUT2D eigenvalue weighted by molar-refractivity contribution is 6.31. The summed E-state index contributed by atoms with van der Waals surface area (Å²) in [7, 11) is 0. The fraction of sp³-hybridized carbons (Fsp3) is 0.227. The van der Waals surface area contributed by atoms with Gasteiger partial charge in [-0.2, -0.15) is 0 Å². The van der Waals surface area contributed by atoms with Crippen molar-refractivity contribution < 1.29 is 28.5 Å². The van der Waals surface area contributed by atoms with E-state index in [1.54, 1.807) is 6.07 Å². The first-order chi connectivity index (χ1) is 15.1. The number of hydrogen-bond donors (Lipinski definition) is 3. The van der Waals surface area contributed by atoms with Gasteiger partial charge in [-0.1, -0.05) is 17.7 Å². The molecule has 0 fully saturated rings. The maximum Gasteiger partial charge on any atom is 0.231 e. The number of carbonyl (C=O) groups excluding carboxylic acids is 1. The fourth-order valence-electron chi connectivity index (χ4n) is 3.61. The topological polar surface area (TPSA) is 119 Å². The van der Waals surface area contributed by atoms with Gasteiger partial charge < -0.3 is 20.7 Å². The third kappa shape index (κ3) is 3.29. The van der Waals surface area contributed by atoms with Gasteiger partial charge in [0.1, 0.15) is 35.1 Å². The lowest BCUT2D eigenvalue weighted by Crippen LogP contribution is -2.40. The summed E-state index contributed by atoms with van der Waals surface area (Å²) in [5.41, 5.74) is 2.22. The molecule has 1 amide bonds. The predicted molar refractivity (Wildman–Crippen MR) is 111 cm³/mol. The van der Waals surface area contributed by atoms with Gasteiger partial charge in [-0.25, -0.2) is 13.8 Å². The summed E-state index contributed by atoms with van der Waals surface area (Å²) in [6, 6.07) is 6.09. The van der Waals surface area contributed by atoms with Crippen molar-refractivity contribution in [1.82, 2.24) is 9.97 Å². The Morgan fingerprint density at radius 1 is 1.34 bits per heavy atom. The van der Waals surface area contributed by atoms with Gasteiger partial charge in [-0.05, 0) is 25.1 Å². The molecule has 1 aliphatic rings. The normalized spacial score (nSPS) is 19.2. The zero-order valence-electron chi connectivity index (χ0n) is 16.8. The van der Waals surface area contributed by atoms with Gasteiger partial charge in [0.25, 0.3) is 0 Å². The van der Waals surface area contributed by atoms with Crippen molar-refractivity contribution >= 4 is 17.5 Å². The number of aliphatic hydroxyl groups is 2. The van der Waals surface area contributed by atoms with E-state index < -0.39 is 35.2 Å². The number of fused-ring (bicyclic) bond motifs is 1. The molecule has 4 rings (SSSR count). The first kappa shape index (κ1) is 22.1. The minimum atomic E-state index is -2.06. The van der Waals surface area contributed by atoms with E-state index in [0.717, 1.165) is 6.07 Å². The van der Waals surface area contributed by atoms with Crippen molar-refractivity contribution in [2.24, 2.45) is 5.73 Å². The maximum atomic E-state index is 14.8. The highest BCUT2D eigenvalue weighted by Crippen LogP contribution is 2.47. The molecule has 3 aromatic rings. The highest BCUT2D eigenvalue weighted by atomic mass is 35.5. The average Bonchev–Trinajstić information content (AvgIpc) is 3.14. The third-order valence-corrected chi connectivity index (χ3v) is 5.96. The molecule has 0 unspecified atom stereocenters. The molecule has 32 heavy (non-hydrogen) atoms. The number of amides is 1. The van der Waals surface area contributed by atoms with Crippen molar-refractivity contribution in [2.75, 3.05) is 13.2 Å². The van der Waals surface area contributed by atoms with Crippen LogP contribution < -0.4 is 10.5 Å². The second-order valence-corrected chi connectivity index (χ2v) is 8.13. The number of ether oxygens (including phenoxy) is 1. The Kier molecular flexibility index (Phi) is 5.36. The van der Waals surface area contributed by atoms with Gasteiger partial charge in [0.2, 0.25) is 5.91 Å². The zero-order chi connectivity index (χ0) is 23.3. The summed E-state index contributed by atoms with van der Waals surface area (Å²) in [6.07, 6.45) is 2.82. The Balaban J connectivity index is 2.05. The standard InChI is InChI=1S/C22H18ClF2N3O4/c1-21(20(26)30)10-32-19-13(21)6-17(22(31,9-29)11-3-2-4-27-8-11)28-18(19)12-5-14(23)16(25)7-15(12)24/h2-8,29,31H,9-10H2,1H3,(H2,26,30)/t21-,22+/m0/s1. The Morgan fingerprint density at radius 2 is 2.09 bits per heavy atom. The largest absolute Gasteiger partial charge is 0.489 e. The van der Waals surface area contributed by atoms with E-state index in [0.29, 0.717) is 6.07 Å². The number of carbonyl (C=O) groups is 1. The van der Waals surface area contributed by atoms with Crippen LogP contribution in [0.15, 0.2) is 42.7 Å². The minimum Gasteiger partial charge on any atom is -0.489 e. The summed E-state index contributed by atoms with van der Waals surface area (Å²) >= 11 is 5.86. The Morgan fingerprint density at radius 3 is 2.72 bits per heavy atom.